The number of aromatic nitrogens is 4. The van der Waals surface area contributed by atoms with Crippen molar-refractivity contribution in [2.75, 3.05) is 19.0 Å². The zero-order chi connectivity index (χ0) is 12.8. The van der Waals surface area contributed by atoms with Crippen LogP contribution in [0.5, 0.6) is 0 Å². The van der Waals surface area contributed by atoms with Crippen molar-refractivity contribution in [1.82, 2.24) is 20.2 Å². The van der Waals surface area contributed by atoms with Crippen LogP contribution in [0.1, 0.15) is 16.2 Å². The molecule has 0 fully saturated rings. The summed E-state index contributed by atoms with van der Waals surface area (Å²) >= 11 is 0. The zero-order valence-electron chi connectivity index (χ0n) is 9.88. The second-order valence-electron chi connectivity index (χ2n) is 3.50. The van der Waals surface area contributed by atoms with Gasteiger partial charge in [-0.05, 0) is 12.1 Å². The number of carbonyl (C=O) groups excluding carboxylic acids is 1. The molecule has 7 nitrogen and oxygen atoms in total. The summed E-state index contributed by atoms with van der Waals surface area (Å²) in [5.74, 6) is 0.868. The number of esters is 1. The molecule has 2 aromatic rings. The van der Waals surface area contributed by atoms with Crippen molar-refractivity contribution in [2.45, 2.75) is 6.42 Å². The van der Waals surface area contributed by atoms with Crippen LogP contribution < -0.4 is 5.32 Å². The fourth-order valence-corrected chi connectivity index (χ4v) is 1.47. The second kappa shape index (κ2) is 5.76. The molecule has 7 heteroatoms. The number of rotatable bonds is 5. The molecule has 94 valence electrons. The third kappa shape index (κ3) is 2.82. The molecule has 0 aliphatic heterocycles. The lowest BCUT2D eigenvalue weighted by molar-refractivity contribution is 0.0601. The van der Waals surface area contributed by atoms with Crippen molar-refractivity contribution in [3.63, 3.8) is 0 Å². The van der Waals surface area contributed by atoms with Crippen molar-refractivity contribution < 1.29 is 9.53 Å². The Balaban J connectivity index is 1.98. The van der Waals surface area contributed by atoms with Crippen LogP contribution in [0.3, 0.4) is 0 Å². The number of aromatic amines is 1. The summed E-state index contributed by atoms with van der Waals surface area (Å²) in [5.41, 5.74) is 0.414. The third-order valence-corrected chi connectivity index (χ3v) is 2.33. The number of H-pyrrole nitrogens is 1. The fraction of sp³-hybridized carbons (Fsp3) is 0.273. The summed E-state index contributed by atoms with van der Waals surface area (Å²) in [7, 11) is 1.34. The molecule has 0 saturated heterocycles. The smallest absolute Gasteiger partial charge is 0.341 e. The van der Waals surface area contributed by atoms with E-state index in [0.717, 1.165) is 5.82 Å². The largest absolute Gasteiger partial charge is 0.465 e. The Morgan fingerprint density at radius 3 is 3.11 bits per heavy atom. The van der Waals surface area contributed by atoms with Crippen molar-refractivity contribution >= 4 is 11.8 Å². The number of hydrogen-bond acceptors (Lipinski definition) is 6. The highest BCUT2D eigenvalue weighted by molar-refractivity contribution is 5.94. The van der Waals surface area contributed by atoms with Crippen molar-refractivity contribution in [1.29, 1.82) is 0 Å². The Hall–Kier alpha value is -2.44. The molecule has 0 aliphatic rings. The minimum absolute atomic E-state index is 0.412. The van der Waals surface area contributed by atoms with Gasteiger partial charge in [0.2, 0.25) is 0 Å². The molecule has 2 heterocycles. The molecule has 2 rings (SSSR count). The van der Waals surface area contributed by atoms with Crippen molar-refractivity contribution in [3.05, 3.63) is 36.0 Å². The first kappa shape index (κ1) is 12.0. The van der Waals surface area contributed by atoms with Gasteiger partial charge in [-0.3, -0.25) is 5.10 Å². The predicted molar refractivity (Wildman–Crippen MR) is 64.2 cm³/mol. The first-order valence-corrected chi connectivity index (χ1v) is 5.42. The van der Waals surface area contributed by atoms with E-state index in [2.05, 4.69) is 30.2 Å². The van der Waals surface area contributed by atoms with Crippen LogP contribution in [-0.4, -0.2) is 39.8 Å². The van der Waals surface area contributed by atoms with E-state index in [1.807, 2.05) is 0 Å². The monoisotopic (exact) mass is 247 g/mol. The molecular weight excluding hydrogens is 234 g/mol. The standard InChI is InChI=1S/C11H13N5O2/c1-18-11(17)8-3-2-5-12-10(8)13-6-4-9-14-7-15-16-9/h2-3,5,7H,4,6H2,1H3,(H,12,13)(H,14,15,16). The molecule has 0 spiro atoms. The highest BCUT2D eigenvalue weighted by Gasteiger charge is 2.11. The van der Waals surface area contributed by atoms with Crippen LogP contribution in [0.2, 0.25) is 0 Å². The number of nitrogens with zero attached hydrogens (tertiary/aromatic N) is 3. The Morgan fingerprint density at radius 1 is 1.50 bits per heavy atom. The minimum atomic E-state index is -0.412. The average Bonchev–Trinajstić information content (AvgIpc) is 2.92. The van der Waals surface area contributed by atoms with E-state index in [1.165, 1.54) is 13.4 Å². The highest BCUT2D eigenvalue weighted by Crippen LogP contribution is 2.12. The molecular formula is C11H13N5O2. The molecule has 18 heavy (non-hydrogen) atoms. The normalized spacial score (nSPS) is 10.1. The van der Waals surface area contributed by atoms with E-state index >= 15 is 0 Å². The molecule has 0 saturated carbocycles. The number of nitrogens with one attached hydrogen (secondary N) is 2. The van der Waals surface area contributed by atoms with Gasteiger partial charge in [-0.2, -0.15) is 5.10 Å². The number of ether oxygens (including phenoxy) is 1. The highest BCUT2D eigenvalue weighted by atomic mass is 16.5. The first-order chi connectivity index (χ1) is 8.81. The van der Waals surface area contributed by atoms with Crippen LogP contribution in [0.4, 0.5) is 5.82 Å². The maximum atomic E-state index is 11.5. The van der Waals surface area contributed by atoms with Gasteiger partial charge in [0.15, 0.2) is 0 Å². The topological polar surface area (TPSA) is 92.8 Å². The number of methoxy groups -OCH3 is 1. The van der Waals surface area contributed by atoms with Gasteiger partial charge < -0.3 is 10.1 Å². The SMILES string of the molecule is COC(=O)c1cccnc1NCCc1ncn[nH]1. The van der Waals surface area contributed by atoms with E-state index in [-0.39, 0.29) is 0 Å². The van der Waals surface area contributed by atoms with Crippen LogP contribution in [0, 0.1) is 0 Å². The minimum Gasteiger partial charge on any atom is -0.465 e. The van der Waals surface area contributed by atoms with Gasteiger partial charge in [0, 0.05) is 19.2 Å². The first-order valence-electron chi connectivity index (χ1n) is 5.42. The van der Waals surface area contributed by atoms with Crippen LogP contribution in [-0.2, 0) is 11.2 Å². The van der Waals surface area contributed by atoms with Crippen molar-refractivity contribution in [2.24, 2.45) is 0 Å². The van der Waals surface area contributed by atoms with Gasteiger partial charge in [-0.1, -0.05) is 0 Å². The van der Waals surface area contributed by atoms with Crippen molar-refractivity contribution in [3.8, 4) is 0 Å². The van der Waals surface area contributed by atoms with Gasteiger partial charge in [-0.25, -0.2) is 14.8 Å². The van der Waals surface area contributed by atoms with Gasteiger partial charge in [0.05, 0.1) is 7.11 Å². The Kier molecular flexibility index (Phi) is 3.85. The number of pyridine rings is 1. The maximum absolute atomic E-state index is 11.5. The Bertz CT molecular complexity index is 512. The lowest BCUT2D eigenvalue weighted by atomic mass is 10.2. The van der Waals surface area contributed by atoms with Gasteiger partial charge >= 0.3 is 5.97 Å². The molecule has 0 aliphatic carbocycles. The number of hydrogen-bond donors (Lipinski definition) is 2. The molecule has 0 radical (unpaired) electrons. The van der Waals surface area contributed by atoms with E-state index in [0.29, 0.717) is 24.3 Å². The molecule has 0 unspecified atom stereocenters. The van der Waals surface area contributed by atoms with E-state index in [4.69, 9.17) is 0 Å². The lowest BCUT2D eigenvalue weighted by Gasteiger charge is -2.08. The zero-order valence-corrected chi connectivity index (χ0v) is 9.88. The summed E-state index contributed by atoms with van der Waals surface area (Å²) in [5, 5.41) is 9.58. The fourth-order valence-electron chi connectivity index (χ4n) is 1.47. The van der Waals surface area contributed by atoms with E-state index in [9.17, 15) is 4.79 Å². The molecule has 0 amide bonds. The van der Waals surface area contributed by atoms with Gasteiger partial charge in [-0.15, -0.1) is 0 Å². The average molecular weight is 247 g/mol. The molecule has 2 N–H and O–H groups in total. The molecule has 2 aromatic heterocycles. The van der Waals surface area contributed by atoms with E-state index in [1.54, 1.807) is 18.3 Å². The summed E-state index contributed by atoms with van der Waals surface area (Å²) in [4.78, 5) is 19.6. The van der Waals surface area contributed by atoms with Crippen LogP contribution >= 0.6 is 0 Å². The molecule has 0 aromatic carbocycles. The van der Waals surface area contributed by atoms with Crippen LogP contribution in [0.15, 0.2) is 24.7 Å². The molecule has 0 atom stereocenters. The molecule has 0 bridgehead atoms. The van der Waals surface area contributed by atoms with E-state index < -0.39 is 5.97 Å². The summed E-state index contributed by atoms with van der Waals surface area (Å²) in [6.07, 6.45) is 3.73. The van der Waals surface area contributed by atoms with Gasteiger partial charge in [0.1, 0.15) is 23.5 Å². The Morgan fingerprint density at radius 2 is 2.39 bits per heavy atom. The van der Waals surface area contributed by atoms with Crippen LogP contribution in [0.25, 0.3) is 0 Å². The quantitative estimate of drug-likeness (QED) is 0.753. The Labute approximate surface area is 104 Å². The predicted octanol–water partition coefficient (Wildman–Crippen LogP) is 0.641. The maximum Gasteiger partial charge on any atom is 0.341 e. The second-order valence-corrected chi connectivity index (χ2v) is 3.50. The third-order valence-electron chi connectivity index (χ3n) is 2.33. The number of anilines is 1. The van der Waals surface area contributed by atoms with Gasteiger partial charge in [0.25, 0.3) is 0 Å². The number of carbonyl (C=O) groups is 1. The summed E-state index contributed by atoms with van der Waals surface area (Å²) < 4.78 is 4.68. The summed E-state index contributed by atoms with van der Waals surface area (Å²) in [6, 6.07) is 3.35. The lowest BCUT2D eigenvalue weighted by Crippen LogP contribution is -2.12. The summed E-state index contributed by atoms with van der Waals surface area (Å²) in [6.45, 7) is 0.593.